The van der Waals surface area contributed by atoms with Crippen LogP contribution in [0.4, 0.5) is 5.69 Å². The fraction of sp³-hybridized carbons (Fsp3) is 0.250. The van der Waals surface area contributed by atoms with Crippen LogP contribution in [0.15, 0.2) is 42.7 Å². The molecular weight excluding hydrogens is 266 g/mol. The number of carbonyl (C=O) groups excluding carboxylic acids is 1. The molecule has 1 atom stereocenters. The second kappa shape index (κ2) is 5.83. The zero-order valence-corrected chi connectivity index (χ0v) is 11.8. The first kappa shape index (κ1) is 13.4. The van der Waals surface area contributed by atoms with Crippen molar-refractivity contribution in [2.45, 2.75) is 13.0 Å². The van der Waals surface area contributed by atoms with Crippen LogP contribution in [0.25, 0.3) is 0 Å². The van der Waals surface area contributed by atoms with Crippen molar-refractivity contribution in [2.24, 2.45) is 0 Å². The fourth-order valence-electron chi connectivity index (χ4n) is 2.36. The molecule has 108 valence electrons. The first-order chi connectivity index (χ1) is 10.3. The van der Waals surface area contributed by atoms with Gasteiger partial charge in [-0.3, -0.25) is 9.78 Å². The van der Waals surface area contributed by atoms with E-state index < -0.39 is 0 Å². The monoisotopic (exact) mass is 283 g/mol. The normalized spacial score (nSPS) is 14.3. The lowest BCUT2D eigenvalue weighted by Crippen LogP contribution is -2.28. The zero-order chi connectivity index (χ0) is 14.7. The van der Waals surface area contributed by atoms with E-state index in [1.54, 1.807) is 18.5 Å². The molecule has 0 aliphatic carbocycles. The topological polar surface area (TPSA) is 63.2 Å². The number of para-hydroxylation sites is 1. The summed E-state index contributed by atoms with van der Waals surface area (Å²) < 4.78 is 5.63. The number of amides is 1. The van der Waals surface area contributed by atoms with E-state index >= 15 is 0 Å². The van der Waals surface area contributed by atoms with E-state index in [4.69, 9.17) is 4.74 Å². The van der Waals surface area contributed by atoms with Gasteiger partial charge >= 0.3 is 0 Å². The highest BCUT2D eigenvalue weighted by Gasteiger charge is 2.20. The highest BCUT2D eigenvalue weighted by Crippen LogP contribution is 2.31. The van der Waals surface area contributed by atoms with E-state index in [2.05, 4.69) is 15.6 Å². The van der Waals surface area contributed by atoms with Gasteiger partial charge in [0.25, 0.3) is 5.91 Å². The lowest BCUT2D eigenvalue weighted by molar-refractivity contribution is 0.0935. The number of benzene rings is 1. The molecule has 5 nitrogen and oxygen atoms in total. The van der Waals surface area contributed by atoms with Crippen molar-refractivity contribution in [1.29, 1.82) is 0 Å². The molecule has 0 radical (unpaired) electrons. The van der Waals surface area contributed by atoms with Gasteiger partial charge in [-0.25, -0.2) is 0 Å². The average molecular weight is 283 g/mol. The van der Waals surface area contributed by atoms with Crippen molar-refractivity contribution < 1.29 is 9.53 Å². The predicted molar refractivity (Wildman–Crippen MR) is 80.5 cm³/mol. The molecule has 0 saturated carbocycles. The third-order valence-corrected chi connectivity index (χ3v) is 3.48. The van der Waals surface area contributed by atoms with Crippen molar-refractivity contribution in [3.63, 3.8) is 0 Å². The molecule has 3 rings (SSSR count). The molecule has 1 aromatic heterocycles. The minimum absolute atomic E-state index is 0.0899. The number of anilines is 1. The number of ether oxygens (including phenoxy) is 1. The van der Waals surface area contributed by atoms with Gasteiger partial charge in [-0.2, -0.15) is 0 Å². The molecule has 1 aliphatic heterocycles. The Balaban J connectivity index is 1.80. The maximum atomic E-state index is 12.5. The highest BCUT2D eigenvalue weighted by molar-refractivity contribution is 5.99. The minimum Gasteiger partial charge on any atom is -0.489 e. The van der Waals surface area contributed by atoms with Crippen LogP contribution in [-0.2, 0) is 0 Å². The smallest absolute Gasteiger partial charge is 0.255 e. The van der Waals surface area contributed by atoms with Crippen LogP contribution in [0, 0.1) is 0 Å². The third-order valence-electron chi connectivity index (χ3n) is 3.48. The Morgan fingerprint density at radius 2 is 2.14 bits per heavy atom. The lowest BCUT2D eigenvalue weighted by atomic mass is 10.1. The number of rotatable bonds is 3. The summed E-state index contributed by atoms with van der Waals surface area (Å²) in [5, 5.41) is 6.22. The van der Waals surface area contributed by atoms with Gasteiger partial charge in [0, 0.05) is 18.9 Å². The molecule has 5 heteroatoms. The van der Waals surface area contributed by atoms with Gasteiger partial charge in [-0.1, -0.05) is 6.07 Å². The molecule has 2 aromatic rings. The molecule has 0 unspecified atom stereocenters. The van der Waals surface area contributed by atoms with E-state index in [1.807, 2.05) is 31.2 Å². The lowest BCUT2D eigenvalue weighted by Gasteiger charge is -2.22. The summed E-state index contributed by atoms with van der Waals surface area (Å²) in [5.41, 5.74) is 2.44. The maximum absolute atomic E-state index is 12.5. The van der Waals surface area contributed by atoms with Crippen LogP contribution in [0.1, 0.15) is 28.9 Å². The second-order valence-corrected chi connectivity index (χ2v) is 4.93. The quantitative estimate of drug-likeness (QED) is 0.908. The average Bonchev–Trinajstić information content (AvgIpc) is 2.55. The van der Waals surface area contributed by atoms with Gasteiger partial charge in [-0.05, 0) is 36.8 Å². The van der Waals surface area contributed by atoms with Gasteiger partial charge in [0.15, 0.2) is 5.75 Å². The summed E-state index contributed by atoms with van der Waals surface area (Å²) in [7, 11) is 0. The molecule has 0 fully saturated rings. The Bertz CT molecular complexity index is 643. The van der Waals surface area contributed by atoms with Gasteiger partial charge < -0.3 is 15.4 Å². The van der Waals surface area contributed by atoms with E-state index in [9.17, 15) is 4.79 Å². The van der Waals surface area contributed by atoms with Crippen molar-refractivity contribution in [1.82, 2.24) is 10.3 Å². The number of carbonyl (C=O) groups is 1. The predicted octanol–water partition coefficient (Wildman–Crippen LogP) is 2.38. The van der Waals surface area contributed by atoms with Crippen molar-refractivity contribution >= 4 is 11.6 Å². The highest BCUT2D eigenvalue weighted by atomic mass is 16.5. The first-order valence-electron chi connectivity index (χ1n) is 6.96. The summed E-state index contributed by atoms with van der Waals surface area (Å²) in [6.45, 7) is 3.27. The first-order valence-corrected chi connectivity index (χ1v) is 6.96. The van der Waals surface area contributed by atoms with Gasteiger partial charge in [0.2, 0.25) is 0 Å². The summed E-state index contributed by atoms with van der Waals surface area (Å²) in [5.74, 6) is 0.489. The molecule has 2 heterocycles. The van der Waals surface area contributed by atoms with Crippen LogP contribution >= 0.6 is 0 Å². The Kier molecular flexibility index (Phi) is 3.73. The van der Waals surface area contributed by atoms with E-state index in [1.165, 1.54) is 0 Å². The second-order valence-electron chi connectivity index (χ2n) is 4.93. The molecule has 0 saturated heterocycles. The molecule has 0 bridgehead atoms. The number of nitrogens with one attached hydrogen (secondary N) is 2. The van der Waals surface area contributed by atoms with Gasteiger partial charge in [-0.15, -0.1) is 0 Å². The molecule has 2 N–H and O–H groups in total. The number of hydrogen-bond acceptors (Lipinski definition) is 4. The van der Waals surface area contributed by atoms with Crippen LogP contribution in [0.3, 0.4) is 0 Å². The maximum Gasteiger partial charge on any atom is 0.255 e. The standard InChI is InChI=1S/C16H17N3O2/c1-11(12-5-7-17-8-6-12)19-16(20)13-3-2-4-14-15(13)21-10-9-18-14/h2-8,11,18H,9-10H2,1H3,(H,19,20)/t11-/m1/s1. The number of nitrogens with zero attached hydrogens (tertiary/aromatic N) is 1. The fourth-order valence-corrected chi connectivity index (χ4v) is 2.36. The number of aromatic nitrogens is 1. The number of fused-ring (bicyclic) bond motifs is 1. The van der Waals surface area contributed by atoms with Gasteiger partial charge in [0.05, 0.1) is 17.3 Å². The molecule has 21 heavy (non-hydrogen) atoms. The summed E-state index contributed by atoms with van der Waals surface area (Å²) in [6.07, 6.45) is 3.44. The number of hydrogen-bond donors (Lipinski definition) is 2. The zero-order valence-electron chi connectivity index (χ0n) is 11.8. The molecule has 1 aromatic carbocycles. The molecule has 0 spiro atoms. The summed E-state index contributed by atoms with van der Waals surface area (Å²) >= 11 is 0. The third kappa shape index (κ3) is 2.81. The number of pyridine rings is 1. The molecule has 1 aliphatic rings. The van der Waals surface area contributed by atoms with Crippen molar-refractivity contribution in [2.75, 3.05) is 18.5 Å². The Labute approximate surface area is 123 Å². The molecular formula is C16H17N3O2. The van der Waals surface area contributed by atoms with Crippen LogP contribution in [-0.4, -0.2) is 24.0 Å². The van der Waals surface area contributed by atoms with Crippen LogP contribution in [0.2, 0.25) is 0 Å². The Morgan fingerprint density at radius 1 is 1.33 bits per heavy atom. The van der Waals surface area contributed by atoms with E-state index in [-0.39, 0.29) is 11.9 Å². The van der Waals surface area contributed by atoms with Crippen LogP contribution < -0.4 is 15.4 Å². The molecule has 1 amide bonds. The minimum atomic E-state index is -0.139. The van der Waals surface area contributed by atoms with E-state index in [0.717, 1.165) is 17.8 Å². The SMILES string of the molecule is C[C@@H](NC(=O)c1cccc2c1OCCN2)c1ccncc1. The largest absolute Gasteiger partial charge is 0.489 e. The summed E-state index contributed by atoms with van der Waals surface area (Å²) in [6, 6.07) is 9.24. The Hall–Kier alpha value is -2.56. The summed E-state index contributed by atoms with van der Waals surface area (Å²) in [4.78, 5) is 16.4. The van der Waals surface area contributed by atoms with Gasteiger partial charge in [0.1, 0.15) is 6.61 Å². The van der Waals surface area contributed by atoms with Crippen molar-refractivity contribution in [3.05, 3.63) is 53.9 Å². The van der Waals surface area contributed by atoms with E-state index in [0.29, 0.717) is 17.9 Å². The van der Waals surface area contributed by atoms with Crippen molar-refractivity contribution in [3.8, 4) is 5.75 Å². The van der Waals surface area contributed by atoms with Crippen LogP contribution in [0.5, 0.6) is 5.75 Å². The Morgan fingerprint density at radius 3 is 2.95 bits per heavy atom.